The van der Waals surface area contributed by atoms with Crippen LogP contribution in [0.3, 0.4) is 0 Å². The summed E-state index contributed by atoms with van der Waals surface area (Å²) in [6.07, 6.45) is 2.07. The van der Waals surface area contributed by atoms with Crippen molar-refractivity contribution in [2.75, 3.05) is 44.3 Å². The maximum atomic E-state index is 13.2. The fraction of sp³-hybridized carbons (Fsp3) is 0.591. The van der Waals surface area contributed by atoms with Gasteiger partial charge in [0, 0.05) is 42.1 Å². The van der Waals surface area contributed by atoms with E-state index in [1.54, 1.807) is 6.92 Å². The van der Waals surface area contributed by atoms with E-state index in [0.29, 0.717) is 41.6 Å². The molecule has 4 saturated heterocycles. The summed E-state index contributed by atoms with van der Waals surface area (Å²) in [7, 11) is 0. The number of oxime groups is 1. The first kappa shape index (κ1) is 26.4. The standard InChI is InChI=1S/C22H28N8O6S2/c1-2-36-27-12(15-26-21(24)38-28-15)16(31)25-13-17(32)29-14(19(33)34)11(10-37-18(13)29)9-30-6-3-22(4-7-30,5-8-30)20(23)35/h13,18H,2-10H2,1H3,(H5-,23,24,25,26,28,31,33,34,35)/p+1/b27-12-/t13-,18+,22?,30?/m1/s1. The van der Waals surface area contributed by atoms with Crippen molar-refractivity contribution in [2.24, 2.45) is 16.3 Å². The Morgan fingerprint density at radius 1 is 1.29 bits per heavy atom. The maximum Gasteiger partial charge on any atom is 0.352 e. The quantitative estimate of drug-likeness (QED) is 0.126. The molecule has 1 aromatic rings. The molecule has 0 spiro atoms. The third kappa shape index (κ3) is 4.39. The topological polar surface area (TPSA) is 203 Å². The van der Waals surface area contributed by atoms with Gasteiger partial charge in [0.15, 0.2) is 5.13 Å². The minimum atomic E-state index is -1.18. The van der Waals surface area contributed by atoms with Gasteiger partial charge in [0.25, 0.3) is 11.8 Å². The number of hydrogen-bond acceptors (Lipinski definition) is 11. The summed E-state index contributed by atoms with van der Waals surface area (Å²) in [5.74, 6) is -2.28. The van der Waals surface area contributed by atoms with Crippen molar-refractivity contribution in [2.45, 2.75) is 37.6 Å². The predicted octanol–water partition coefficient (Wildman–Crippen LogP) is -0.914. The van der Waals surface area contributed by atoms with E-state index in [-0.39, 0.29) is 34.9 Å². The van der Waals surface area contributed by atoms with Gasteiger partial charge in [0.1, 0.15) is 30.3 Å². The van der Waals surface area contributed by atoms with Crippen molar-refractivity contribution in [3.63, 3.8) is 0 Å². The maximum absolute atomic E-state index is 13.2. The van der Waals surface area contributed by atoms with Crippen molar-refractivity contribution in [1.82, 2.24) is 19.6 Å². The second kappa shape index (κ2) is 9.81. The summed E-state index contributed by atoms with van der Waals surface area (Å²) in [6.45, 7) is 4.63. The fourth-order valence-corrected chi connectivity index (χ4v) is 7.50. The highest BCUT2D eigenvalue weighted by Gasteiger charge is 2.57. The summed E-state index contributed by atoms with van der Waals surface area (Å²) in [6, 6.07) is -0.945. The molecule has 1 aromatic heterocycles. The number of carbonyl (C=O) groups is 4. The smallest absolute Gasteiger partial charge is 0.352 e. The number of anilines is 1. The van der Waals surface area contributed by atoms with Crippen LogP contribution < -0.4 is 16.8 Å². The highest BCUT2D eigenvalue weighted by Crippen LogP contribution is 2.46. The van der Waals surface area contributed by atoms with Crippen LogP contribution in [0.15, 0.2) is 16.4 Å². The van der Waals surface area contributed by atoms with Gasteiger partial charge in [-0.2, -0.15) is 9.36 Å². The Hall–Kier alpha value is -3.24. The van der Waals surface area contributed by atoms with E-state index in [9.17, 15) is 24.3 Å². The van der Waals surface area contributed by atoms with E-state index in [4.69, 9.17) is 16.3 Å². The number of thioether (sulfide) groups is 1. The number of carbonyl (C=O) groups excluding carboxylic acids is 3. The lowest BCUT2D eigenvalue weighted by Gasteiger charge is -2.55. The molecule has 38 heavy (non-hydrogen) atoms. The van der Waals surface area contributed by atoms with Gasteiger partial charge in [0.2, 0.25) is 17.4 Å². The van der Waals surface area contributed by atoms with Gasteiger partial charge in [-0.25, -0.2) is 4.79 Å². The molecule has 0 saturated carbocycles. The molecular formula is C22H29N8O6S2+. The Balaban J connectivity index is 1.32. The highest BCUT2D eigenvalue weighted by atomic mass is 32.2. The minimum absolute atomic E-state index is 0.0220. The molecule has 4 fully saturated rings. The molecule has 14 nitrogen and oxygen atoms in total. The first-order valence-electron chi connectivity index (χ1n) is 12.3. The van der Waals surface area contributed by atoms with Crippen molar-refractivity contribution in [3.05, 3.63) is 17.1 Å². The molecular weight excluding hydrogens is 536 g/mol. The molecule has 5 aliphatic rings. The number of carboxylic acid groups (broad SMARTS) is 1. The average Bonchev–Trinajstić information content (AvgIpc) is 3.33. The number of rotatable bonds is 9. The molecule has 0 unspecified atom stereocenters. The second-order valence-electron chi connectivity index (χ2n) is 10.00. The van der Waals surface area contributed by atoms with Gasteiger partial charge >= 0.3 is 5.97 Å². The number of nitrogens with zero attached hydrogens (tertiary/aromatic N) is 5. The Morgan fingerprint density at radius 3 is 2.53 bits per heavy atom. The number of nitrogen functional groups attached to an aromatic ring is 1. The van der Waals surface area contributed by atoms with Crippen LogP contribution in [-0.2, 0) is 24.0 Å². The van der Waals surface area contributed by atoms with E-state index in [2.05, 4.69) is 19.8 Å². The molecule has 6 heterocycles. The van der Waals surface area contributed by atoms with Crippen LogP contribution >= 0.6 is 23.3 Å². The van der Waals surface area contributed by atoms with Crippen molar-refractivity contribution >= 4 is 57.8 Å². The molecule has 3 amide bonds. The number of aliphatic carboxylic acids is 1. The number of carboxylic acids is 1. The van der Waals surface area contributed by atoms with Crippen molar-refractivity contribution < 1.29 is 33.6 Å². The molecule has 6 N–H and O–H groups in total. The third-order valence-corrected chi connectivity index (χ3v) is 9.82. The van der Waals surface area contributed by atoms with Gasteiger partial charge in [0.05, 0.1) is 25.0 Å². The number of aromatic nitrogens is 2. The molecule has 2 bridgehead atoms. The Morgan fingerprint density at radius 2 is 1.97 bits per heavy atom. The summed E-state index contributed by atoms with van der Waals surface area (Å²) in [5, 5.41) is 16.1. The van der Waals surface area contributed by atoms with Gasteiger partial charge in [-0.1, -0.05) is 5.16 Å². The lowest BCUT2D eigenvalue weighted by atomic mass is 9.70. The van der Waals surface area contributed by atoms with E-state index < -0.39 is 34.6 Å². The van der Waals surface area contributed by atoms with Crippen LogP contribution in [0, 0.1) is 5.41 Å². The van der Waals surface area contributed by atoms with Gasteiger partial charge in [-0.15, -0.1) is 11.8 Å². The van der Waals surface area contributed by atoms with Crippen molar-refractivity contribution in [1.29, 1.82) is 0 Å². The number of fused-ring (bicyclic) bond motifs is 4. The first-order valence-corrected chi connectivity index (χ1v) is 14.1. The van der Waals surface area contributed by atoms with E-state index in [1.165, 1.54) is 16.7 Å². The Bertz CT molecular complexity index is 1240. The predicted molar refractivity (Wildman–Crippen MR) is 137 cm³/mol. The molecule has 16 heteroatoms. The molecule has 0 aromatic carbocycles. The number of hydrogen-bond donors (Lipinski definition) is 4. The largest absolute Gasteiger partial charge is 0.477 e. The number of quaternary nitrogens is 1. The van der Waals surface area contributed by atoms with Crippen molar-refractivity contribution in [3.8, 4) is 0 Å². The number of amides is 3. The number of primary amides is 1. The normalized spacial score (nSPS) is 30.5. The van der Waals surface area contributed by atoms with Crippen LogP contribution in [-0.4, -0.2) is 103 Å². The van der Waals surface area contributed by atoms with E-state index in [0.717, 1.165) is 31.2 Å². The molecule has 0 radical (unpaired) electrons. The highest BCUT2D eigenvalue weighted by molar-refractivity contribution is 8.00. The lowest BCUT2D eigenvalue weighted by Crippen LogP contribution is -2.71. The SMILES string of the molecule is CCO/N=C(\C(=O)N[C@@H]1C(=O)N2C(C(=O)O)=C(C[N+]34CCC(C(N)=O)(CC3)CC4)CS[C@@H]12)c1nsc(N)n1. The zero-order chi connectivity index (χ0) is 27.2. The summed E-state index contributed by atoms with van der Waals surface area (Å²) in [4.78, 5) is 60.8. The van der Waals surface area contributed by atoms with Crippen LogP contribution in [0.5, 0.6) is 0 Å². The van der Waals surface area contributed by atoms with E-state index in [1.807, 2.05) is 0 Å². The van der Waals surface area contributed by atoms with Gasteiger partial charge in [-0.3, -0.25) is 19.3 Å². The number of nitrogens with two attached hydrogens (primary N) is 2. The number of β-lactam (4-membered cyclic amide) rings is 1. The second-order valence-corrected chi connectivity index (χ2v) is 11.9. The summed E-state index contributed by atoms with van der Waals surface area (Å²) in [5.41, 5.74) is 11.3. The summed E-state index contributed by atoms with van der Waals surface area (Å²) < 4.78 is 4.69. The fourth-order valence-electron chi connectivity index (χ4n) is 5.73. The zero-order valence-electron chi connectivity index (χ0n) is 20.7. The zero-order valence-corrected chi connectivity index (χ0v) is 22.3. The van der Waals surface area contributed by atoms with Crippen LogP contribution in [0.1, 0.15) is 32.0 Å². The summed E-state index contributed by atoms with van der Waals surface area (Å²) >= 11 is 2.29. The molecule has 6 rings (SSSR count). The molecule has 204 valence electrons. The van der Waals surface area contributed by atoms with Gasteiger partial charge in [-0.05, 0) is 6.92 Å². The molecule has 2 atom stereocenters. The Kier molecular flexibility index (Phi) is 6.81. The van der Waals surface area contributed by atoms with Crippen LogP contribution in [0.25, 0.3) is 0 Å². The minimum Gasteiger partial charge on any atom is -0.477 e. The Labute approximate surface area is 226 Å². The molecule has 0 aliphatic carbocycles. The lowest BCUT2D eigenvalue weighted by molar-refractivity contribution is -0.940. The number of nitrogens with one attached hydrogen (secondary N) is 1. The average molecular weight is 566 g/mol. The molecule has 5 aliphatic heterocycles. The van der Waals surface area contributed by atoms with Crippen LogP contribution in [0.2, 0.25) is 0 Å². The van der Waals surface area contributed by atoms with Gasteiger partial charge < -0.3 is 31.2 Å². The van der Waals surface area contributed by atoms with E-state index >= 15 is 0 Å². The van der Waals surface area contributed by atoms with Crippen LogP contribution in [0.4, 0.5) is 5.13 Å². The first-order chi connectivity index (χ1) is 18.1. The third-order valence-electron chi connectivity index (χ3n) is 7.93. The number of piperidine rings is 3. The monoisotopic (exact) mass is 565 g/mol.